The molecule has 6 nitrogen and oxygen atoms in total. The quantitative estimate of drug-likeness (QED) is 0.559. The lowest BCUT2D eigenvalue weighted by atomic mass is 9.91. The number of hydrogen-bond acceptors (Lipinski definition) is 4. The molecular formula is C24H24Cl2N2O4. The Balaban J connectivity index is 1.67. The van der Waals surface area contributed by atoms with Crippen LogP contribution in [0.5, 0.6) is 0 Å². The van der Waals surface area contributed by atoms with Crippen molar-refractivity contribution in [3.05, 3.63) is 69.2 Å². The maximum atomic E-state index is 13.0. The molecule has 0 N–H and O–H groups in total. The van der Waals surface area contributed by atoms with Gasteiger partial charge in [-0.2, -0.15) is 0 Å². The summed E-state index contributed by atoms with van der Waals surface area (Å²) in [6.07, 6.45) is 0.173. The summed E-state index contributed by atoms with van der Waals surface area (Å²) < 4.78 is 5.61. The second kappa shape index (κ2) is 8.41. The fourth-order valence-electron chi connectivity index (χ4n) is 4.35. The molecule has 0 saturated carbocycles. The molecule has 2 aromatic carbocycles. The van der Waals surface area contributed by atoms with Crippen LogP contribution in [0.4, 0.5) is 4.79 Å². The van der Waals surface area contributed by atoms with Crippen LogP contribution >= 0.6 is 23.2 Å². The van der Waals surface area contributed by atoms with E-state index in [0.717, 1.165) is 5.56 Å². The first-order valence-corrected chi connectivity index (χ1v) is 11.2. The van der Waals surface area contributed by atoms with Crippen molar-refractivity contribution in [3.63, 3.8) is 0 Å². The Morgan fingerprint density at radius 1 is 1.03 bits per heavy atom. The van der Waals surface area contributed by atoms with Gasteiger partial charge in [-0.15, -0.1) is 0 Å². The van der Waals surface area contributed by atoms with E-state index in [1.807, 2.05) is 6.07 Å². The molecule has 8 heteroatoms. The third-order valence-corrected chi connectivity index (χ3v) is 6.53. The minimum absolute atomic E-state index is 0.0660. The third kappa shape index (κ3) is 4.21. The second-order valence-corrected chi connectivity index (χ2v) is 9.89. The molecule has 1 saturated heterocycles. The monoisotopic (exact) mass is 474 g/mol. The number of ether oxygens (including phenoxy) is 1. The lowest BCUT2D eigenvalue weighted by Gasteiger charge is -2.32. The van der Waals surface area contributed by atoms with E-state index in [-0.39, 0.29) is 24.3 Å². The highest BCUT2D eigenvalue weighted by atomic mass is 35.5. The number of halogens is 2. The first kappa shape index (κ1) is 22.6. The van der Waals surface area contributed by atoms with Crippen molar-refractivity contribution in [1.29, 1.82) is 0 Å². The number of nitrogens with zero attached hydrogens (tertiary/aromatic N) is 2. The van der Waals surface area contributed by atoms with Crippen LogP contribution < -0.4 is 0 Å². The van der Waals surface area contributed by atoms with E-state index in [9.17, 15) is 14.4 Å². The van der Waals surface area contributed by atoms with Crippen LogP contribution in [0.15, 0.2) is 42.5 Å². The van der Waals surface area contributed by atoms with Gasteiger partial charge in [-0.25, -0.2) is 4.79 Å². The Hall–Kier alpha value is -2.57. The molecule has 0 radical (unpaired) electrons. The van der Waals surface area contributed by atoms with Gasteiger partial charge in [-0.1, -0.05) is 41.4 Å². The number of imide groups is 1. The minimum atomic E-state index is -0.668. The highest BCUT2D eigenvalue weighted by molar-refractivity contribution is 6.42. The number of rotatable bonds is 3. The van der Waals surface area contributed by atoms with Crippen LogP contribution in [0, 0.1) is 0 Å². The standard InChI is InChI=1S/C24H24Cl2N2O4/c1-24(2,3)32-23(31)27-11-10-15(14-8-9-18(25)19(26)12-14)20(27)13-28-21(29)16-6-4-5-7-17(16)22(28)30/h4-9,12,15,20H,10-11,13H2,1-3H3/t15-,20+/m0/s1. The molecule has 4 rings (SSSR count). The Kier molecular flexibility index (Phi) is 5.94. The molecule has 2 aromatic rings. The molecule has 32 heavy (non-hydrogen) atoms. The normalized spacial score (nSPS) is 20.7. The number of fused-ring (bicyclic) bond motifs is 1. The summed E-state index contributed by atoms with van der Waals surface area (Å²) >= 11 is 12.3. The van der Waals surface area contributed by atoms with Gasteiger partial charge in [0.25, 0.3) is 11.8 Å². The highest BCUT2D eigenvalue weighted by Gasteiger charge is 2.44. The number of likely N-dealkylation sites (tertiary alicyclic amines) is 1. The average molecular weight is 475 g/mol. The van der Waals surface area contributed by atoms with Crippen LogP contribution in [0.3, 0.4) is 0 Å². The zero-order valence-corrected chi connectivity index (χ0v) is 19.6. The van der Waals surface area contributed by atoms with Crippen molar-refractivity contribution in [2.45, 2.75) is 44.8 Å². The van der Waals surface area contributed by atoms with E-state index in [1.165, 1.54) is 4.90 Å². The van der Waals surface area contributed by atoms with Crippen molar-refractivity contribution >= 4 is 41.1 Å². The lowest BCUT2D eigenvalue weighted by molar-refractivity contribution is 0.0183. The van der Waals surface area contributed by atoms with Crippen LogP contribution in [-0.2, 0) is 4.74 Å². The van der Waals surface area contributed by atoms with E-state index in [4.69, 9.17) is 27.9 Å². The van der Waals surface area contributed by atoms with E-state index in [0.29, 0.717) is 34.1 Å². The van der Waals surface area contributed by atoms with Gasteiger partial charge in [-0.3, -0.25) is 14.5 Å². The van der Waals surface area contributed by atoms with Crippen LogP contribution in [-0.4, -0.2) is 52.4 Å². The summed E-state index contributed by atoms with van der Waals surface area (Å²) in [7, 11) is 0. The first-order valence-electron chi connectivity index (χ1n) is 10.5. The predicted octanol–water partition coefficient (Wildman–Crippen LogP) is 5.38. The molecule has 3 amide bonds. The Bertz CT molecular complexity index is 1060. The fraction of sp³-hybridized carbons (Fsp3) is 0.375. The summed E-state index contributed by atoms with van der Waals surface area (Å²) in [6.45, 7) is 5.91. The summed E-state index contributed by atoms with van der Waals surface area (Å²) in [5, 5.41) is 0.855. The van der Waals surface area contributed by atoms with E-state index in [1.54, 1.807) is 62.1 Å². The van der Waals surface area contributed by atoms with Gasteiger partial charge in [-0.05, 0) is 57.0 Å². The zero-order chi connectivity index (χ0) is 23.2. The summed E-state index contributed by atoms with van der Waals surface area (Å²) in [6, 6.07) is 11.7. The SMILES string of the molecule is CC(C)(C)OC(=O)N1CC[C@@H](c2ccc(Cl)c(Cl)c2)[C@H]1CN1C(=O)c2ccccc2C1=O. The number of hydrogen-bond donors (Lipinski definition) is 0. The van der Waals surface area contributed by atoms with Crippen molar-refractivity contribution in [1.82, 2.24) is 9.80 Å². The molecule has 168 valence electrons. The van der Waals surface area contributed by atoms with Crippen LogP contribution in [0.1, 0.15) is 59.4 Å². The maximum absolute atomic E-state index is 13.0. The van der Waals surface area contributed by atoms with E-state index < -0.39 is 17.7 Å². The molecule has 0 bridgehead atoms. The fourth-order valence-corrected chi connectivity index (χ4v) is 4.66. The molecule has 2 heterocycles. The maximum Gasteiger partial charge on any atom is 0.410 e. The van der Waals surface area contributed by atoms with Gasteiger partial charge in [0, 0.05) is 12.5 Å². The molecule has 0 unspecified atom stereocenters. The van der Waals surface area contributed by atoms with Gasteiger partial charge in [0.1, 0.15) is 5.60 Å². The molecule has 1 fully saturated rings. The van der Waals surface area contributed by atoms with Crippen molar-refractivity contribution in [2.75, 3.05) is 13.1 Å². The summed E-state index contributed by atoms with van der Waals surface area (Å²) in [5.41, 5.74) is 0.988. The smallest absolute Gasteiger partial charge is 0.410 e. The van der Waals surface area contributed by atoms with Gasteiger partial charge in [0.2, 0.25) is 0 Å². The van der Waals surface area contributed by atoms with Crippen LogP contribution in [0.2, 0.25) is 10.0 Å². The van der Waals surface area contributed by atoms with Crippen molar-refractivity contribution < 1.29 is 19.1 Å². The third-order valence-electron chi connectivity index (χ3n) is 5.79. The Morgan fingerprint density at radius 2 is 1.66 bits per heavy atom. The van der Waals surface area contributed by atoms with Crippen LogP contribution in [0.25, 0.3) is 0 Å². The molecular weight excluding hydrogens is 451 g/mol. The van der Waals surface area contributed by atoms with E-state index >= 15 is 0 Å². The van der Waals surface area contributed by atoms with Gasteiger partial charge < -0.3 is 9.64 Å². The Morgan fingerprint density at radius 3 is 2.22 bits per heavy atom. The highest BCUT2D eigenvalue weighted by Crippen LogP contribution is 2.38. The van der Waals surface area contributed by atoms with Gasteiger partial charge >= 0.3 is 6.09 Å². The van der Waals surface area contributed by atoms with Crippen molar-refractivity contribution in [2.24, 2.45) is 0 Å². The topological polar surface area (TPSA) is 66.9 Å². The molecule has 2 atom stereocenters. The number of carbonyl (C=O) groups excluding carboxylic acids is 3. The first-order chi connectivity index (χ1) is 15.1. The second-order valence-electron chi connectivity index (χ2n) is 9.08. The lowest BCUT2D eigenvalue weighted by Crippen LogP contribution is -2.48. The zero-order valence-electron chi connectivity index (χ0n) is 18.1. The molecule has 0 spiro atoms. The molecule has 2 aliphatic rings. The van der Waals surface area contributed by atoms with Gasteiger partial charge in [0.05, 0.1) is 33.8 Å². The van der Waals surface area contributed by atoms with E-state index in [2.05, 4.69) is 0 Å². The average Bonchev–Trinajstić information content (AvgIpc) is 3.25. The summed E-state index contributed by atoms with van der Waals surface area (Å²) in [5.74, 6) is -0.842. The number of amides is 3. The molecule has 0 aromatic heterocycles. The Labute approximate surface area is 197 Å². The minimum Gasteiger partial charge on any atom is -0.444 e. The van der Waals surface area contributed by atoms with Gasteiger partial charge in [0.15, 0.2) is 0 Å². The predicted molar refractivity (Wildman–Crippen MR) is 122 cm³/mol. The number of carbonyl (C=O) groups is 3. The largest absolute Gasteiger partial charge is 0.444 e. The molecule has 0 aliphatic carbocycles. The molecule has 2 aliphatic heterocycles. The van der Waals surface area contributed by atoms with Crippen molar-refractivity contribution in [3.8, 4) is 0 Å². The summed E-state index contributed by atoms with van der Waals surface area (Å²) in [4.78, 5) is 41.8. The number of benzene rings is 2.